The molecule has 0 aliphatic carbocycles. The van der Waals surface area contributed by atoms with Crippen molar-refractivity contribution in [1.82, 2.24) is 9.80 Å². The number of ether oxygens (including phenoxy) is 2. The third-order valence-corrected chi connectivity index (χ3v) is 5.89. The molecule has 1 unspecified atom stereocenters. The van der Waals surface area contributed by atoms with Crippen LogP contribution in [-0.2, 0) is 4.74 Å². The predicted octanol–water partition coefficient (Wildman–Crippen LogP) is 3.64. The van der Waals surface area contributed by atoms with Crippen LogP contribution < -0.4 is 4.74 Å². The van der Waals surface area contributed by atoms with Gasteiger partial charge in [0.15, 0.2) is 0 Å². The summed E-state index contributed by atoms with van der Waals surface area (Å²) in [4.78, 5) is 28.8. The highest BCUT2D eigenvalue weighted by atomic mass is 35.5. The van der Waals surface area contributed by atoms with E-state index in [1.807, 2.05) is 0 Å². The van der Waals surface area contributed by atoms with Crippen LogP contribution in [0.1, 0.15) is 33.6 Å². The average Bonchev–Trinajstić information content (AvgIpc) is 3.31. The Hall–Kier alpha value is -2.64. The van der Waals surface area contributed by atoms with Crippen LogP contribution in [0.5, 0.6) is 5.75 Å². The van der Waals surface area contributed by atoms with Gasteiger partial charge in [0.2, 0.25) is 0 Å². The van der Waals surface area contributed by atoms with E-state index in [1.165, 1.54) is 12.1 Å². The Morgan fingerprint density at radius 2 is 1.71 bits per heavy atom. The Bertz CT molecular complexity index is 939. The highest BCUT2D eigenvalue weighted by molar-refractivity contribution is 6.33. The van der Waals surface area contributed by atoms with Gasteiger partial charge in [0.1, 0.15) is 18.2 Å². The number of hydrogen-bond donors (Lipinski definition) is 0. The van der Waals surface area contributed by atoms with Crippen LogP contribution in [0.15, 0.2) is 42.5 Å². The van der Waals surface area contributed by atoms with E-state index in [2.05, 4.69) is 0 Å². The van der Waals surface area contributed by atoms with Gasteiger partial charge in [-0.05, 0) is 55.3 Å². The summed E-state index contributed by atoms with van der Waals surface area (Å²) >= 11 is 6.01. The van der Waals surface area contributed by atoms with Gasteiger partial charge in [-0.2, -0.15) is 0 Å². The number of rotatable bonds is 5. The SMILES string of the molecule is O=C(c1ccc(OCC2CCCO2)cc1)N1CCN(C(=O)c2ccc(F)cc2Cl)CC1. The first kappa shape index (κ1) is 21.6. The summed E-state index contributed by atoms with van der Waals surface area (Å²) in [5.41, 5.74) is 0.840. The number of amides is 2. The molecule has 1 atom stereocenters. The Morgan fingerprint density at radius 3 is 2.32 bits per heavy atom. The van der Waals surface area contributed by atoms with Gasteiger partial charge < -0.3 is 19.3 Å². The van der Waals surface area contributed by atoms with Crippen molar-refractivity contribution in [2.75, 3.05) is 39.4 Å². The first-order chi connectivity index (χ1) is 15.0. The summed E-state index contributed by atoms with van der Waals surface area (Å²) in [7, 11) is 0. The summed E-state index contributed by atoms with van der Waals surface area (Å²) in [6.07, 6.45) is 2.22. The molecule has 2 saturated heterocycles. The second-order valence-corrected chi connectivity index (χ2v) is 8.09. The van der Waals surface area contributed by atoms with E-state index in [4.69, 9.17) is 21.1 Å². The Balaban J connectivity index is 1.30. The molecule has 164 valence electrons. The van der Waals surface area contributed by atoms with Crippen molar-refractivity contribution < 1.29 is 23.5 Å². The number of halogens is 2. The highest BCUT2D eigenvalue weighted by Crippen LogP contribution is 2.21. The number of carbonyl (C=O) groups excluding carboxylic acids is 2. The van der Waals surface area contributed by atoms with Gasteiger partial charge >= 0.3 is 0 Å². The molecule has 6 nitrogen and oxygen atoms in total. The van der Waals surface area contributed by atoms with Gasteiger partial charge in [-0.3, -0.25) is 9.59 Å². The van der Waals surface area contributed by atoms with Crippen LogP contribution in [0.3, 0.4) is 0 Å². The Morgan fingerprint density at radius 1 is 1.03 bits per heavy atom. The first-order valence-electron chi connectivity index (χ1n) is 10.4. The van der Waals surface area contributed by atoms with Crippen molar-refractivity contribution in [2.45, 2.75) is 18.9 Å². The van der Waals surface area contributed by atoms with E-state index in [9.17, 15) is 14.0 Å². The number of hydrogen-bond acceptors (Lipinski definition) is 4. The van der Waals surface area contributed by atoms with Crippen LogP contribution in [0.2, 0.25) is 5.02 Å². The highest BCUT2D eigenvalue weighted by Gasteiger charge is 2.26. The maximum absolute atomic E-state index is 13.2. The van der Waals surface area contributed by atoms with Crippen LogP contribution in [-0.4, -0.2) is 67.1 Å². The van der Waals surface area contributed by atoms with Crippen molar-refractivity contribution in [3.05, 3.63) is 64.4 Å². The van der Waals surface area contributed by atoms with E-state index < -0.39 is 5.82 Å². The molecule has 0 radical (unpaired) electrons. The fourth-order valence-electron chi connectivity index (χ4n) is 3.79. The lowest BCUT2D eigenvalue weighted by Gasteiger charge is -2.35. The number of piperazine rings is 1. The van der Waals surface area contributed by atoms with E-state index >= 15 is 0 Å². The zero-order valence-corrected chi connectivity index (χ0v) is 17.8. The summed E-state index contributed by atoms with van der Waals surface area (Å²) in [6.45, 7) is 2.92. The standard InChI is InChI=1S/C23H24ClFN2O4/c24-21-14-17(25)5-8-20(21)23(29)27-11-9-26(10-12-27)22(28)16-3-6-18(7-4-16)31-15-19-2-1-13-30-19/h3-8,14,19H,1-2,9-13,15H2. The Kier molecular flexibility index (Phi) is 6.73. The maximum atomic E-state index is 13.2. The molecule has 0 N–H and O–H groups in total. The summed E-state index contributed by atoms with van der Waals surface area (Å²) in [5, 5.41) is 0.0882. The molecule has 8 heteroatoms. The molecule has 0 aromatic heterocycles. The lowest BCUT2D eigenvalue weighted by Crippen LogP contribution is -2.50. The molecule has 2 aromatic rings. The zero-order chi connectivity index (χ0) is 21.8. The molecule has 0 spiro atoms. The smallest absolute Gasteiger partial charge is 0.255 e. The van der Waals surface area contributed by atoms with Crippen LogP contribution >= 0.6 is 11.6 Å². The van der Waals surface area contributed by atoms with Crippen LogP contribution in [0.25, 0.3) is 0 Å². The molecule has 2 aromatic carbocycles. The van der Waals surface area contributed by atoms with Gasteiger partial charge in [0, 0.05) is 38.3 Å². The van der Waals surface area contributed by atoms with Crippen molar-refractivity contribution in [2.24, 2.45) is 0 Å². The molecule has 2 fully saturated rings. The van der Waals surface area contributed by atoms with Crippen molar-refractivity contribution in [1.29, 1.82) is 0 Å². The second kappa shape index (κ2) is 9.66. The second-order valence-electron chi connectivity index (χ2n) is 7.68. The van der Waals surface area contributed by atoms with Crippen LogP contribution in [0, 0.1) is 5.82 Å². The van der Waals surface area contributed by atoms with Gasteiger partial charge in [-0.25, -0.2) is 4.39 Å². The fourth-order valence-corrected chi connectivity index (χ4v) is 4.04. The molecular formula is C23H24ClFN2O4. The van der Waals surface area contributed by atoms with Gasteiger partial charge in [0.25, 0.3) is 11.8 Å². The van der Waals surface area contributed by atoms with Crippen molar-refractivity contribution >= 4 is 23.4 Å². The van der Waals surface area contributed by atoms with Gasteiger partial charge in [-0.15, -0.1) is 0 Å². The topological polar surface area (TPSA) is 59.1 Å². The minimum Gasteiger partial charge on any atom is -0.491 e. The minimum absolute atomic E-state index is 0.0856. The molecule has 2 aliphatic heterocycles. The molecule has 2 amide bonds. The normalized spacial score (nSPS) is 18.8. The van der Waals surface area contributed by atoms with Crippen LogP contribution in [0.4, 0.5) is 4.39 Å². The summed E-state index contributed by atoms with van der Waals surface area (Å²) in [6, 6.07) is 10.8. The largest absolute Gasteiger partial charge is 0.491 e. The number of benzene rings is 2. The van der Waals surface area contributed by atoms with Crippen molar-refractivity contribution in [3.63, 3.8) is 0 Å². The van der Waals surface area contributed by atoms with E-state index in [-0.39, 0.29) is 28.5 Å². The van der Waals surface area contributed by atoms with Gasteiger partial charge in [0.05, 0.1) is 16.7 Å². The summed E-state index contributed by atoms with van der Waals surface area (Å²) in [5.74, 6) is -0.124. The molecule has 0 bridgehead atoms. The quantitative estimate of drug-likeness (QED) is 0.703. The maximum Gasteiger partial charge on any atom is 0.255 e. The molecule has 4 rings (SSSR count). The van der Waals surface area contributed by atoms with E-state index in [0.717, 1.165) is 25.5 Å². The molecule has 0 saturated carbocycles. The summed E-state index contributed by atoms with van der Waals surface area (Å²) < 4.78 is 24.5. The number of nitrogens with zero attached hydrogens (tertiary/aromatic N) is 2. The zero-order valence-electron chi connectivity index (χ0n) is 17.1. The third-order valence-electron chi connectivity index (χ3n) is 5.58. The molecular weight excluding hydrogens is 423 g/mol. The lowest BCUT2D eigenvalue weighted by atomic mass is 10.1. The monoisotopic (exact) mass is 446 g/mol. The predicted molar refractivity (Wildman–Crippen MR) is 114 cm³/mol. The van der Waals surface area contributed by atoms with Gasteiger partial charge in [-0.1, -0.05) is 11.6 Å². The van der Waals surface area contributed by atoms with E-state index in [1.54, 1.807) is 34.1 Å². The molecule has 31 heavy (non-hydrogen) atoms. The third kappa shape index (κ3) is 5.17. The Labute approximate surface area is 185 Å². The van der Waals surface area contributed by atoms with E-state index in [0.29, 0.717) is 44.1 Å². The molecule has 2 aliphatic rings. The number of carbonyl (C=O) groups is 2. The molecule has 2 heterocycles. The minimum atomic E-state index is -0.486. The average molecular weight is 447 g/mol. The first-order valence-corrected chi connectivity index (χ1v) is 10.8. The van der Waals surface area contributed by atoms with Crippen molar-refractivity contribution in [3.8, 4) is 5.75 Å². The fraction of sp³-hybridized carbons (Fsp3) is 0.391. The lowest BCUT2D eigenvalue weighted by molar-refractivity contribution is 0.0535.